The molecule has 0 aliphatic heterocycles. The second-order valence-electron chi connectivity index (χ2n) is 7.51. The van der Waals surface area contributed by atoms with Crippen molar-refractivity contribution in [1.82, 2.24) is 0 Å². The molecule has 0 radical (unpaired) electrons. The Bertz CT molecular complexity index is 1190. The number of ether oxygens (including phenoxy) is 3. The summed E-state index contributed by atoms with van der Waals surface area (Å²) in [6.45, 7) is 3.37. The lowest BCUT2D eigenvalue weighted by Crippen LogP contribution is -2.27. The molecule has 162 valence electrons. The van der Waals surface area contributed by atoms with Gasteiger partial charge in [-0.2, -0.15) is 0 Å². The first kappa shape index (κ1) is 22.6. The van der Waals surface area contributed by atoms with Crippen LogP contribution >= 0.6 is 0 Å². The molecule has 0 N–H and O–H groups in total. The maximum absolute atomic E-state index is 13.0. The number of hydrogen-bond acceptors (Lipinski definition) is 5. The van der Waals surface area contributed by atoms with E-state index in [0.717, 1.165) is 16.7 Å². The van der Waals surface area contributed by atoms with E-state index in [2.05, 4.69) is 5.92 Å². The highest BCUT2D eigenvalue weighted by Crippen LogP contribution is 2.39. The molecule has 0 aliphatic rings. The molecule has 0 fully saturated rings. The standard InChI is InChI=1S/C27H24O5/c1-6-27(2,3)32-22-17-16-21(23(25(28)30-4)24(22)26(29)31-5)20-15-11-10-14-19(20)18-12-8-7-9-13-18/h1,7-17H,2-5H3. The largest absolute Gasteiger partial charge is 0.474 e. The maximum atomic E-state index is 13.0. The lowest BCUT2D eigenvalue weighted by atomic mass is 9.89. The van der Waals surface area contributed by atoms with Crippen LogP contribution in [0.4, 0.5) is 0 Å². The van der Waals surface area contributed by atoms with E-state index >= 15 is 0 Å². The smallest absolute Gasteiger partial charge is 0.342 e. The van der Waals surface area contributed by atoms with Crippen LogP contribution in [0.1, 0.15) is 34.6 Å². The number of carbonyl (C=O) groups excluding carboxylic acids is 2. The van der Waals surface area contributed by atoms with Gasteiger partial charge in [0.15, 0.2) is 5.60 Å². The number of hydrogen-bond donors (Lipinski definition) is 0. The Labute approximate surface area is 187 Å². The minimum Gasteiger partial charge on any atom is -0.474 e. The molecule has 0 aromatic heterocycles. The fourth-order valence-electron chi connectivity index (χ4n) is 3.40. The molecule has 0 saturated heterocycles. The van der Waals surface area contributed by atoms with Crippen molar-refractivity contribution >= 4 is 11.9 Å². The van der Waals surface area contributed by atoms with E-state index < -0.39 is 17.5 Å². The maximum Gasteiger partial charge on any atom is 0.342 e. The molecule has 0 heterocycles. The van der Waals surface area contributed by atoms with Crippen LogP contribution in [0.3, 0.4) is 0 Å². The van der Waals surface area contributed by atoms with Crippen LogP contribution in [0.15, 0.2) is 66.7 Å². The van der Waals surface area contributed by atoms with Crippen molar-refractivity contribution in [3.8, 4) is 40.3 Å². The average molecular weight is 428 g/mol. The minimum absolute atomic E-state index is 0.0389. The summed E-state index contributed by atoms with van der Waals surface area (Å²) in [5.74, 6) is 1.25. The van der Waals surface area contributed by atoms with Crippen LogP contribution in [0.25, 0.3) is 22.3 Å². The second-order valence-corrected chi connectivity index (χ2v) is 7.51. The Morgan fingerprint density at radius 3 is 1.91 bits per heavy atom. The SMILES string of the molecule is C#CC(C)(C)Oc1ccc(-c2ccccc2-c2ccccc2)c(C(=O)OC)c1C(=O)OC. The van der Waals surface area contributed by atoms with Gasteiger partial charge in [-0.25, -0.2) is 9.59 Å². The van der Waals surface area contributed by atoms with E-state index in [-0.39, 0.29) is 16.9 Å². The van der Waals surface area contributed by atoms with E-state index in [0.29, 0.717) is 5.56 Å². The summed E-state index contributed by atoms with van der Waals surface area (Å²) in [5.41, 5.74) is 2.13. The molecule has 0 atom stereocenters. The summed E-state index contributed by atoms with van der Waals surface area (Å²) in [7, 11) is 2.50. The summed E-state index contributed by atoms with van der Waals surface area (Å²) in [6, 6.07) is 20.7. The first-order valence-electron chi connectivity index (χ1n) is 9.98. The molecule has 5 nitrogen and oxygen atoms in total. The summed E-state index contributed by atoms with van der Waals surface area (Å²) >= 11 is 0. The average Bonchev–Trinajstić information content (AvgIpc) is 2.83. The zero-order valence-electron chi connectivity index (χ0n) is 18.5. The quantitative estimate of drug-likeness (QED) is 0.389. The van der Waals surface area contributed by atoms with Crippen molar-refractivity contribution in [2.24, 2.45) is 0 Å². The zero-order chi connectivity index (χ0) is 23.3. The van der Waals surface area contributed by atoms with Crippen LogP contribution in [0, 0.1) is 12.3 Å². The Morgan fingerprint density at radius 2 is 1.31 bits per heavy atom. The number of esters is 2. The Morgan fingerprint density at radius 1 is 0.750 bits per heavy atom. The molecule has 3 aromatic rings. The van der Waals surface area contributed by atoms with Gasteiger partial charge >= 0.3 is 11.9 Å². The van der Waals surface area contributed by atoms with Crippen molar-refractivity contribution in [3.63, 3.8) is 0 Å². The lowest BCUT2D eigenvalue weighted by molar-refractivity contribution is 0.0547. The monoisotopic (exact) mass is 428 g/mol. The Hall–Kier alpha value is -4.04. The highest BCUT2D eigenvalue weighted by Gasteiger charge is 2.30. The van der Waals surface area contributed by atoms with E-state index in [9.17, 15) is 9.59 Å². The highest BCUT2D eigenvalue weighted by molar-refractivity contribution is 6.10. The molecule has 3 aromatic carbocycles. The van der Waals surface area contributed by atoms with Crippen molar-refractivity contribution in [1.29, 1.82) is 0 Å². The van der Waals surface area contributed by atoms with Crippen molar-refractivity contribution in [2.75, 3.05) is 14.2 Å². The number of carbonyl (C=O) groups is 2. The first-order chi connectivity index (χ1) is 15.3. The topological polar surface area (TPSA) is 61.8 Å². The molecular formula is C27H24O5. The van der Waals surface area contributed by atoms with Gasteiger partial charge in [-0.1, -0.05) is 60.5 Å². The number of terminal acetylenes is 1. The predicted octanol–water partition coefficient (Wildman–Crippen LogP) is 5.38. The molecule has 0 aliphatic carbocycles. The van der Waals surface area contributed by atoms with Crippen LogP contribution in [0.2, 0.25) is 0 Å². The van der Waals surface area contributed by atoms with E-state index in [1.807, 2.05) is 54.6 Å². The summed E-state index contributed by atoms with van der Waals surface area (Å²) in [6.07, 6.45) is 5.56. The van der Waals surface area contributed by atoms with Gasteiger partial charge in [0.1, 0.15) is 11.3 Å². The molecule has 3 rings (SSSR count). The van der Waals surface area contributed by atoms with Gasteiger partial charge in [0.25, 0.3) is 0 Å². The van der Waals surface area contributed by atoms with Crippen molar-refractivity contribution in [2.45, 2.75) is 19.4 Å². The molecule has 0 unspecified atom stereocenters. The number of benzene rings is 3. The van der Waals surface area contributed by atoms with Gasteiger partial charge in [0.05, 0.1) is 19.8 Å². The van der Waals surface area contributed by atoms with E-state index in [1.54, 1.807) is 26.0 Å². The Kier molecular flexibility index (Phi) is 6.65. The van der Waals surface area contributed by atoms with Gasteiger partial charge in [0, 0.05) is 0 Å². The normalized spacial score (nSPS) is 10.7. The molecule has 0 spiro atoms. The third-order valence-corrected chi connectivity index (χ3v) is 4.96. The van der Waals surface area contributed by atoms with Crippen molar-refractivity contribution < 1.29 is 23.8 Å². The van der Waals surface area contributed by atoms with Gasteiger partial charge in [-0.05, 0) is 48.2 Å². The summed E-state index contributed by atoms with van der Waals surface area (Å²) in [4.78, 5) is 25.8. The lowest BCUT2D eigenvalue weighted by Gasteiger charge is -2.24. The Balaban J connectivity index is 2.35. The molecule has 5 heteroatoms. The zero-order valence-corrected chi connectivity index (χ0v) is 18.5. The van der Waals surface area contributed by atoms with Crippen LogP contribution in [-0.4, -0.2) is 31.8 Å². The van der Waals surface area contributed by atoms with Gasteiger partial charge < -0.3 is 14.2 Å². The number of rotatable bonds is 6. The molecular weight excluding hydrogens is 404 g/mol. The summed E-state index contributed by atoms with van der Waals surface area (Å²) < 4.78 is 15.9. The molecule has 0 amide bonds. The predicted molar refractivity (Wildman–Crippen MR) is 124 cm³/mol. The highest BCUT2D eigenvalue weighted by atomic mass is 16.5. The van der Waals surface area contributed by atoms with Gasteiger partial charge in [-0.3, -0.25) is 0 Å². The summed E-state index contributed by atoms with van der Waals surface area (Å²) in [5, 5.41) is 0. The number of methoxy groups -OCH3 is 2. The van der Waals surface area contributed by atoms with Crippen LogP contribution < -0.4 is 4.74 Å². The first-order valence-corrected chi connectivity index (χ1v) is 9.98. The molecule has 0 saturated carbocycles. The fourth-order valence-corrected chi connectivity index (χ4v) is 3.40. The third-order valence-electron chi connectivity index (χ3n) is 4.96. The molecule has 32 heavy (non-hydrogen) atoms. The second kappa shape index (κ2) is 9.40. The van der Waals surface area contributed by atoms with Crippen LogP contribution in [-0.2, 0) is 9.47 Å². The van der Waals surface area contributed by atoms with E-state index in [1.165, 1.54) is 14.2 Å². The van der Waals surface area contributed by atoms with Crippen molar-refractivity contribution in [3.05, 3.63) is 77.9 Å². The van der Waals surface area contributed by atoms with Crippen LogP contribution in [0.5, 0.6) is 5.75 Å². The van der Waals surface area contributed by atoms with Gasteiger partial charge in [-0.15, -0.1) is 6.42 Å². The van der Waals surface area contributed by atoms with E-state index in [4.69, 9.17) is 20.6 Å². The third kappa shape index (κ3) is 4.50. The van der Waals surface area contributed by atoms with Gasteiger partial charge in [0.2, 0.25) is 0 Å². The fraction of sp³-hybridized carbons (Fsp3) is 0.185. The molecule has 0 bridgehead atoms. The minimum atomic E-state index is -1.01.